The van der Waals surface area contributed by atoms with Crippen LogP contribution >= 0.6 is 27.5 Å². The van der Waals surface area contributed by atoms with Crippen molar-refractivity contribution < 1.29 is 19.8 Å². The molecule has 0 aliphatic rings. The Morgan fingerprint density at radius 1 is 1.10 bits per heavy atom. The van der Waals surface area contributed by atoms with Crippen molar-refractivity contribution in [3.8, 4) is 11.1 Å². The van der Waals surface area contributed by atoms with E-state index in [9.17, 15) is 19.8 Å². The Bertz CT molecular complexity index is 738. The fourth-order valence-electron chi connectivity index (χ4n) is 2.09. The van der Waals surface area contributed by atoms with E-state index in [1.165, 1.54) is 6.07 Å². The molecule has 2 aromatic carbocycles. The van der Waals surface area contributed by atoms with Crippen LogP contribution in [0.25, 0.3) is 11.1 Å². The fraction of sp³-hybridized carbons (Fsp3) is 0.0667. The van der Waals surface area contributed by atoms with Crippen molar-refractivity contribution in [3.63, 3.8) is 0 Å². The molecule has 21 heavy (non-hydrogen) atoms. The molecule has 0 bridgehead atoms. The number of carboxylic acid groups (broad SMARTS) is 2. The second-order valence-corrected chi connectivity index (χ2v) is 5.70. The third kappa shape index (κ3) is 2.94. The first-order valence-electron chi connectivity index (χ1n) is 5.88. The largest absolute Gasteiger partial charge is 0.478 e. The van der Waals surface area contributed by atoms with Gasteiger partial charge in [-0.2, -0.15) is 0 Å². The lowest BCUT2D eigenvalue weighted by Gasteiger charge is -2.13. The Balaban J connectivity index is 2.80. The van der Waals surface area contributed by atoms with Gasteiger partial charge in [0, 0.05) is 4.47 Å². The Morgan fingerprint density at radius 2 is 1.67 bits per heavy atom. The molecule has 0 amide bonds. The normalized spacial score (nSPS) is 10.4. The van der Waals surface area contributed by atoms with E-state index in [-0.39, 0.29) is 16.1 Å². The van der Waals surface area contributed by atoms with E-state index >= 15 is 0 Å². The predicted molar refractivity (Wildman–Crippen MR) is 83.2 cm³/mol. The van der Waals surface area contributed by atoms with Crippen molar-refractivity contribution in [2.45, 2.75) is 6.92 Å². The van der Waals surface area contributed by atoms with Gasteiger partial charge in [-0.1, -0.05) is 39.7 Å². The van der Waals surface area contributed by atoms with Crippen LogP contribution in [0.4, 0.5) is 0 Å². The molecule has 0 aliphatic heterocycles. The lowest BCUT2D eigenvalue weighted by atomic mass is 9.93. The zero-order valence-corrected chi connectivity index (χ0v) is 13.2. The summed E-state index contributed by atoms with van der Waals surface area (Å²) in [5.41, 5.74) is 1.27. The van der Waals surface area contributed by atoms with Crippen molar-refractivity contribution in [2.24, 2.45) is 0 Å². The van der Waals surface area contributed by atoms with Gasteiger partial charge in [0.15, 0.2) is 0 Å². The zero-order chi connectivity index (χ0) is 15.7. The number of aromatic carboxylic acids is 2. The molecule has 0 saturated carbocycles. The molecule has 0 saturated heterocycles. The lowest BCUT2D eigenvalue weighted by molar-refractivity contribution is 0.0695. The average molecular weight is 370 g/mol. The van der Waals surface area contributed by atoms with Gasteiger partial charge in [-0.15, -0.1) is 0 Å². The SMILES string of the molecule is Cc1c(-c2ccc(Br)cc2)cc(C(=O)O)c(Cl)c1C(=O)O. The molecule has 0 aliphatic carbocycles. The highest BCUT2D eigenvalue weighted by atomic mass is 79.9. The second kappa shape index (κ2) is 5.87. The molecule has 2 N–H and O–H groups in total. The van der Waals surface area contributed by atoms with E-state index in [4.69, 9.17) is 11.6 Å². The predicted octanol–water partition coefficient (Wildman–Crippen LogP) is 4.47. The molecule has 6 heteroatoms. The van der Waals surface area contributed by atoms with Crippen LogP contribution < -0.4 is 0 Å². The topological polar surface area (TPSA) is 74.6 Å². The summed E-state index contributed by atoms with van der Waals surface area (Å²) in [5.74, 6) is -2.51. The minimum Gasteiger partial charge on any atom is -0.478 e. The third-order valence-electron chi connectivity index (χ3n) is 3.12. The molecule has 0 unspecified atom stereocenters. The van der Waals surface area contributed by atoms with E-state index in [0.717, 1.165) is 10.0 Å². The highest BCUT2D eigenvalue weighted by molar-refractivity contribution is 9.10. The van der Waals surface area contributed by atoms with Crippen LogP contribution in [-0.2, 0) is 0 Å². The summed E-state index contributed by atoms with van der Waals surface area (Å²) in [5, 5.41) is 18.2. The maximum Gasteiger partial charge on any atom is 0.337 e. The molecule has 2 rings (SSSR count). The van der Waals surface area contributed by atoms with Gasteiger partial charge in [-0.25, -0.2) is 9.59 Å². The van der Waals surface area contributed by atoms with Gasteiger partial charge in [-0.3, -0.25) is 0 Å². The van der Waals surface area contributed by atoms with E-state index in [1.807, 2.05) is 0 Å². The minimum absolute atomic E-state index is 0.186. The first-order chi connectivity index (χ1) is 9.82. The molecule has 0 radical (unpaired) electrons. The van der Waals surface area contributed by atoms with E-state index in [1.54, 1.807) is 31.2 Å². The maximum atomic E-state index is 11.4. The standard InChI is InChI=1S/C15H10BrClO4/c1-7-10(8-2-4-9(16)5-3-8)6-11(14(18)19)13(17)12(7)15(20)21/h2-6H,1H3,(H,18,19)(H,20,21). The van der Waals surface area contributed by atoms with E-state index in [0.29, 0.717) is 11.1 Å². The summed E-state index contributed by atoms with van der Waals surface area (Å²) in [6, 6.07) is 8.54. The quantitative estimate of drug-likeness (QED) is 0.837. The van der Waals surface area contributed by atoms with E-state index < -0.39 is 11.9 Å². The molecule has 108 valence electrons. The van der Waals surface area contributed by atoms with Gasteiger partial charge in [0.05, 0.1) is 16.1 Å². The monoisotopic (exact) mass is 368 g/mol. The molecule has 0 atom stereocenters. The minimum atomic E-state index is -1.26. The molecule has 0 spiro atoms. The highest BCUT2D eigenvalue weighted by Gasteiger charge is 2.23. The number of rotatable bonds is 3. The van der Waals surface area contributed by atoms with Gasteiger partial charge >= 0.3 is 11.9 Å². The van der Waals surface area contributed by atoms with Crippen LogP contribution in [0.15, 0.2) is 34.8 Å². The number of halogens is 2. The number of hydrogen-bond donors (Lipinski definition) is 2. The third-order valence-corrected chi connectivity index (χ3v) is 4.04. The molecule has 4 nitrogen and oxygen atoms in total. The molecular weight excluding hydrogens is 360 g/mol. The molecule has 0 aromatic heterocycles. The fourth-order valence-corrected chi connectivity index (χ4v) is 2.71. The van der Waals surface area contributed by atoms with Crippen molar-refractivity contribution in [1.29, 1.82) is 0 Å². The Hall–Kier alpha value is -1.85. The molecule has 0 fully saturated rings. The zero-order valence-electron chi connectivity index (χ0n) is 10.9. The summed E-state index contributed by atoms with van der Waals surface area (Å²) in [4.78, 5) is 22.6. The van der Waals surface area contributed by atoms with Crippen molar-refractivity contribution in [3.05, 3.63) is 56.5 Å². The number of carbonyl (C=O) groups is 2. The van der Waals surface area contributed by atoms with Gasteiger partial charge in [0.2, 0.25) is 0 Å². The van der Waals surface area contributed by atoms with E-state index in [2.05, 4.69) is 15.9 Å². The summed E-state index contributed by atoms with van der Waals surface area (Å²) >= 11 is 9.23. The van der Waals surface area contributed by atoms with Crippen LogP contribution in [0, 0.1) is 6.92 Å². The summed E-state index contributed by atoms with van der Waals surface area (Å²) in [7, 11) is 0. The second-order valence-electron chi connectivity index (χ2n) is 4.40. The van der Waals surface area contributed by atoms with Crippen LogP contribution in [0.1, 0.15) is 26.3 Å². The number of carboxylic acids is 2. The van der Waals surface area contributed by atoms with Gasteiger partial charge in [0.25, 0.3) is 0 Å². The Kier molecular flexibility index (Phi) is 4.34. The van der Waals surface area contributed by atoms with Crippen molar-refractivity contribution in [1.82, 2.24) is 0 Å². The van der Waals surface area contributed by atoms with Gasteiger partial charge in [0.1, 0.15) is 0 Å². The summed E-state index contributed by atoms with van der Waals surface area (Å²) in [6.07, 6.45) is 0. The van der Waals surface area contributed by atoms with Crippen molar-refractivity contribution in [2.75, 3.05) is 0 Å². The maximum absolute atomic E-state index is 11.4. The molecular formula is C15H10BrClO4. The highest BCUT2D eigenvalue weighted by Crippen LogP contribution is 2.34. The smallest absolute Gasteiger partial charge is 0.337 e. The van der Waals surface area contributed by atoms with Gasteiger partial charge in [-0.05, 0) is 41.8 Å². The van der Waals surface area contributed by atoms with Crippen LogP contribution in [0.5, 0.6) is 0 Å². The number of benzene rings is 2. The van der Waals surface area contributed by atoms with Gasteiger partial charge < -0.3 is 10.2 Å². The molecule has 2 aromatic rings. The van der Waals surface area contributed by atoms with Crippen LogP contribution in [0.2, 0.25) is 5.02 Å². The summed E-state index contributed by atoms with van der Waals surface area (Å²) < 4.78 is 0.870. The first-order valence-corrected chi connectivity index (χ1v) is 7.05. The average Bonchev–Trinajstić information content (AvgIpc) is 2.39. The van der Waals surface area contributed by atoms with Crippen LogP contribution in [0.3, 0.4) is 0 Å². The lowest BCUT2D eigenvalue weighted by Crippen LogP contribution is -2.08. The Morgan fingerprint density at radius 3 is 2.14 bits per heavy atom. The molecule has 0 heterocycles. The van der Waals surface area contributed by atoms with Crippen molar-refractivity contribution >= 4 is 39.5 Å². The Labute approximate surface area is 134 Å². The first kappa shape index (κ1) is 15.5. The van der Waals surface area contributed by atoms with Crippen LogP contribution in [-0.4, -0.2) is 22.2 Å². The summed E-state index contributed by atoms with van der Waals surface area (Å²) in [6.45, 7) is 1.61. The number of hydrogen-bond acceptors (Lipinski definition) is 2.